The lowest BCUT2D eigenvalue weighted by molar-refractivity contribution is -0.134. The summed E-state index contributed by atoms with van der Waals surface area (Å²) in [6.07, 6.45) is 0. The minimum atomic E-state index is -0.450. The lowest BCUT2D eigenvalue weighted by atomic mass is 9.86. The lowest BCUT2D eigenvalue weighted by Crippen LogP contribution is -2.48. The van der Waals surface area contributed by atoms with Crippen molar-refractivity contribution in [2.45, 2.75) is 40.3 Å². The number of amides is 1. The first kappa shape index (κ1) is 17.4. The number of rotatable bonds is 3. The van der Waals surface area contributed by atoms with E-state index < -0.39 is 6.04 Å². The van der Waals surface area contributed by atoms with Crippen LogP contribution in [0, 0.1) is 12.3 Å². The number of hydrogen-bond donors (Lipinski definition) is 1. The van der Waals surface area contributed by atoms with Crippen molar-refractivity contribution in [1.82, 2.24) is 4.90 Å². The van der Waals surface area contributed by atoms with Crippen LogP contribution in [-0.4, -0.2) is 23.9 Å². The minimum Gasteiger partial charge on any atom is -0.339 e. The van der Waals surface area contributed by atoms with Crippen LogP contribution in [0.25, 0.3) is 0 Å². The maximum absolute atomic E-state index is 12.1. The molecule has 0 radical (unpaired) electrons. The van der Waals surface area contributed by atoms with Crippen LogP contribution in [0.3, 0.4) is 0 Å². The molecule has 1 aromatic heterocycles. The van der Waals surface area contributed by atoms with Gasteiger partial charge in [0, 0.05) is 16.8 Å². The minimum absolute atomic E-state index is 0. The summed E-state index contributed by atoms with van der Waals surface area (Å²) in [7, 11) is 1.81. The van der Waals surface area contributed by atoms with E-state index in [4.69, 9.17) is 5.73 Å². The summed E-state index contributed by atoms with van der Waals surface area (Å²) in [5.41, 5.74) is 5.77. The third kappa shape index (κ3) is 4.59. The summed E-state index contributed by atoms with van der Waals surface area (Å²) in [6.45, 7) is 8.66. The highest BCUT2D eigenvalue weighted by Gasteiger charge is 2.29. The van der Waals surface area contributed by atoms with Gasteiger partial charge in [0.1, 0.15) is 0 Å². The second-order valence-corrected chi connectivity index (χ2v) is 6.92. The Morgan fingerprint density at radius 3 is 2.39 bits per heavy atom. The Morgan fingerprint density at radius 2 is 2.00 bits per heavy atom. The van der Waals surface area contributed by atoms with Crippen molar-refractivity contribution in [1.29, 1.82) is 0 Å². The van der Waals surface area contributed by atoms with E-state index in [-0.39, 0.29) is 23.7 Å². The first-order chi connectivity index (χ1) is 7.71. The van der Waals surface area contributed by atoms with Gasteiger partial charge in [-0.25, -0.2) is 0 Å². The first-order valence-corrected chi connectivity index (χ1v) is 6.59. The van der Waals surface area contributed by atoms with Crippen molar-refractivity contribution in [3.05, 3.63) is 21.9 Å². The molecule has 18 heavy (non-hydrogen) atoms. The van der Waals surface area contributed by atoms with Crippen LogP contribution < -0.4 is 5.73 Å². The number of nitrogens with two attached hydrogens (primary N) is 1. The molecule has 2 N–H and O–H groups in total. The summed E-state index contributed by atoms with van der Waals surface area (Å²) in [6, 6.07) is 3.68. The van der Waals surface area contributed by atoms with E-state index in [1.165, 1.54) is 9.75 Å². The van der Waals surface area contributed by atoms with Gasteiger partial charge >= 0.3 is 0 Å². The Kier molecular flexibility index (Phi) is 6.34. The summed E-state index contributed by atoms with van der Waals surface area (Å²) < 4.78 is 0. The number of carbonyl (C=O) groups is 1. The molecule has 0 spiro atoms. The summed E-state index contributed by atoms with van der Waals surface area (Å²) in [5.74, 6) is 0.00329. The van der Waals surface area contributed by atoms with E-state index in [1.54, 1.807) is 16.2 Å². The average Bonchev–Trinajstić information content (AvgIpc) is 2.60. The zero-order chi connectivity index (χ0) is 13.2. The zero-order valence-electron chi connectivity index (χ0n) is 11.7. The van der Waals surface area contributed by atoms with E-state index in [2.05, 4.69) is 19.1 Å². The van der Waals surface area contributed by atoms with Gasteiger partial charge in [-0.3, -0.25) is 4.79 Å². The van der Waals surface area contributed by atoms with E-state index >= 15 is 0 Å². The topological polar surface area (TPSA) is 46.3 Å². The molecule has 0 bridgehead atoms. The highest BCUT2D eigenvalue weighted by atomic mass is 35.5. The fraction of sp³-hybridized carbons (Fsp3) is 0.615. The van der Waals surface area contributed by atoms with Crippen molar-refractivity contribution in [2.24, 2.45) is 11.1 Å². The predicted molar refractivity (Wildman–Crippen MR) is 80.2 cm³/mol. The second-order valence-electron chi connectivity index (χ2n) is 5.55. The number of aryl methyl sites for hydroxylation is 1. The molecule has 0 saturated heterocycles. The van der Waals surface area contributed by atoms with Gasteiger partial charge < -0.3 is 10.6 Å². The molecule has 0 aliphatic rings. The third-order valence-electron chi connectivity index (χ3n) is 2.76. The standard InChI is InChI=1S/C13H22N2OS.ClH/c1-9-6-7-10(17-9)8-15(5)12(16)11(14)13(2,3)4;/h6-7,11H,8,14H2,1-5H3;1H/t11-;/m1./s1. The molecule has 0 aromatic carbocycles. The molecule has 1 aromatic rings. The summed E-state index contributed by atoms with van der Waals surface area (Å²) >= 11 is 1.72. The van der Waals surface area contributed by atoms with Gasteiger partial charge in [0.05, 0.1) is 12.6 Å². The van der Waals surface area contributed by atoms with Gasteiger partial charge in [0.25, 0.3) is 0 Å². The van der Waals surface area contributed by atoms with Gasteiger partial charge in [0.2, 0.25) is 5.91 Å². The lowest BCUT2D eigenvalue weighted by Gasteiger charge is -2.29. The molecule has 0 aliphatic carbocycles. The highest BCUT2D eigenvalue weighted by molar-refractivity contribution is 7.11. The molecule has 1 rings (SSSR count). The second kappa shape index (κ2) is 6.55. The number of thiophene rings is 1. The van der Waals surface area contributed by atoms with E-state index in [9.17, 15) is 4.79 Å². The normalized spacial score (nSPS) is 12.8. The Hall–Kier alpha value is -0.580. The van der Waals surface area contributed by atoms with Crippen molar-refractivity contribution >= 4 is 29.7 Å². The molecule has 0 aliphatic heterocycles. The van der Waals surface area contributed by atoms with Crippen molar-refractivity contribution < 1.29 is 4.79 Å². The fourth-order valence-electron chi connectivity index (χ4n) is 1.49. The predicted octanol–water partition coefficient (Wildman–Crippen LogP) is 2.81. The molecule has 104 valence electrons. The number of halogens is 1. The molecule has 0 saturated carbocycles. The molecule has 1 amide bonds. The molecule has 0 unspecified atom stereocenters. The van der Waals surface area contributed by atoms with Gasteiger partial charge in [0.15, 0.2) is 0 Å². The Bertz CT molecular complexity index is 398. The monoisotopic (exact) mass is 290 g/mol. The largest absolute Gasteiger partial charge is 0.339 e. The molecule has 1 heterocycles. The van der Waals surface area contributed by atoms with Crippen LogP contribution in [0.2, 0.25) is 0 Å². The Labute approximate surface area is 120 Å². The van der Waals surface area contributed by atoms with Crippen LogP contribution in [0.15, 0.2) is 12.1 Å². The Balaban J connectivity index is 0.00000289. The van der Waals surface area contributed by atoms with Gasteiger partial charge in [-0.05, 0) is 24.5 Å². The summed E-state index contributed by atoms with van der Waals surface area (Å²) in [5, 5.41) is 0. The molecular formula is C13H23ClN2OS. The van der Waals surface area contributed by atoms with Crippen LogP contribution >= 0.6 is 23.7 Å². The molecule has 1 atom stereocenters. The summed E-state index contributed by atoms with van der Waals surface area (Å²) in [4.78, 5) is 16.3. The van der Waals surface area contributed by atoms with E-state index in [1.807, 2.05) is 27.8 Å². The van der Waals surface area contributed by atoms with Crippen molar-refractivity contribution in [2.75, 3.05) is 7.05 Å². The average molecular weight is 291 g/mol. The van der Waals surface area contributed by atoms with Crippen molar-refractivity contribution in [3.8, 4) is 0 Å². The fourth-order valence-corrected chi connectivity index (χ4v) is 2.43. The SMILES string of the molecule is Cc1ccc(CN(C)C(=O)[C@@H](N)C(C)(C)C)s1.Cl. The third-order valence-corrected chi connectivity index (χ3v) is 3.75. The molecule has 0 fully saturated rings. The number of carbonyl (C=O) groups excluding carboxylic acids is 1. The molecular weight excluding hydrogens is 268 g/mol. The van der Waals surface area contributed by atoms with Crippen LogP contribution in [0.4, 0.5) is 0 Å². The van der Waals surface area contributed by atoms with Gasteiger partial charge in [-0.2, -0.15) is 0 Å². The van der Waals surface area contributed by atoms with E-state index in [0.717, 1.165) is 0 Å². The molecule has 5 heteroatoms. The van der Waals surface area contributed by atoms with Crippen LogP contribution in [0.5, 0.6) is 0 Å². The first-order valence-electron chi connectivity index (χ1n) is 5.77. The quantitative estimate of drug-likeness (QED) is 0.930. The van der Waals surface area contributed by atoms with Crippen LogP contribution in [-0.2, 0) is 11.3 Å². The highest BCUT2D eigenvalue weighted by Crippen LogP contribution is 2.21. The smallest absolute Gasteiger partial charge is 0.240 e. The maximum atomic E-state index is 12.1. The number of nitrogens with zero attached hydrogens (tertiary/aromatic N) is 1. The molecule has 3 nitrogen and oxygen atoms in total. The van der Waals surface area contributed by atoms with Gasteiger partial charge in [-0.15, -0.1) is 23.7 Å². The number of likely N-dealkylation sites (N-methyl/N-ethyl adjacent to an activating group) is 1. The van der Waals surface area contributed by atoms with E-state index in [0.29, 0.717) is 6.54 Å². The maximum Gasteiger partial charge on any atom is 0.240 e. The van der Waals surface area contributed by atoms with Crippen molar-refractivity contribution in [3.63, 3.8) is 0 Å². The number of hydrogen-bond acceptors (Lipinski definition) is 3. The van der Waals surface area contributed by atoms with Gasteiger partial charge in [-0.1, -0.05) is 20.8 Å². The Morgan fingerprint density at radius 1 is 1.44 bits per heavy atom. The van der Waals surface area contributed by atoms with Crippen LogP contribution in [0.1, 0.15) is 30.5 Å². The zero-order valence-corrected chi connectivity index (χ0v) is 13.3.